The minimum Gasteiger partial charge on any atom is -0.493 e. The Bertz CT molecular complexity index is 1770. The van der Waals surface area contributed by atoms with E-state index in [2.05, 4.69) is 20.4 Å². The number of carbonyl (C=O) groups is 1. The van der Waals surface area contributed by atoms with Gasteiger partial charge in [0.1, 0.15) is 5.69 Å². The number of aromatic nitrogens is 4. The van der Waals surface area contributed by atoms with Gasteiger partial charge in [0.25, 0.3) is 0 Å². The second-order valence-corrected chi connectivity index (χ2v) is 12.2. The Hall–Kier alpha value is -4.46. The van der Waals surface area contributed by atoms with E-state index < -0.39 is 38.5 Å². The number of amides is 1. The van der Waals surface area contributed by atoms with Crippen LogP contribution in [0.2, 0.25) is 0 Å². The number of methoxy groups -OCH3 is 2. The summed E-state index contributed by atoms with van der Waals surface area (Å²) >= 11 is 0. The van der Waals surface area contributed by atoms with E-state index in [-0.39, 0.29) is 29.8 Å². The molecule has 2 aromatic heterocycles. The molecule has 0 unspecified atom stereocenters. The van der Waals surface area contributed by atoms with Gasteiger partial charge in [0.2, 0.25) is 20.9 Å². The van der Waals surface area contributed by atoms with Gasteiger partial charge in [-0.1, -0.05) is 29.8 Å². The fourth-order valence-corrected chi connectivity index (χ4v) is 5.65. The summed E-state index contributed by atoms with van der Waals surface area (Å²) in [6.07, 6.45) is -5.31. The molecule has 0 aliphatic rings. The van der Waals surface area contributed by atoms with Crippen LogP contribution in [0.4, 0.5) is 18.9 Å². The van der Waals surface area contributed by atoms with E-state index in [4.69, 9.17) is 9.47 Å². The first-order valence-electron chi connectivity index (χ1n) is 13.5. The van der Waals surface area contributed by atoms with Crippen LogP contribution >= 0.6 is 0 Å². The number of benzene rings is 2. The number of anilines is 1. The average molecular weight is 632 g/mol. The van der Waals surface area contributed by atoms with Crippen LogP contribution in [0.25, 0.3) is 11.3 Å². The highest BCUT2D eigenvalue weighted by molar-refractivity contribution is 7.91. The predicted molar refractivity (Wildman–Crippen MR) is 157 cm³/mol. The Labute approximate surface area is 253 Å². The van der Waals surface area contributed by atoms with E-state index in [1.807, 2.05) is 38.1 Å². The van der Waals surface area contributed by atoms with Crippen molar-refractivity contribution in [3.63, 3.8) is 0 Å². The summed E-state index contributed by atoms with van der Waals surface area (Å²) in [5, 5.41) is 6.30. The molecule has 0 fully saturated rings. The largest absolute Gasteiger partial charge is 0.493 e. The maximum Gasteiger partial charge on any atom is 0.433 e. The highest BCUT2D eigenvalue weighted by Gasteiger charge is 2.35. The van der Waals surface area contributed by atoms with Crippen LogP contribution in [-0.4, -0.2) is 54.0 Å². The van der Waals surface area contributed by atoms with Gasteiger partial charge in [-0.05, 0) is 57.0 Å². The Morgan fingerprint density at radius 3 is 2.27 bits per heavy atom. The molecule has 0 bridgehead atoms. The number of hydrogen-bond donors (Lipinski definition) is 1. The molecule has 4 rings (SSSR count). The highest BCUT2D eigenvalue weighted by atomic mass is 32.2. The molecule has 0 saturated carbocycles. The van der Waals surface area contributed by atoms with E-state index in [1.54, 1.807) is 11.6 Å². The molecule has 44 heavy (non-hydrogen) atoms. The van der Waals surface area contributed by atoms with Crippen molar-refractivity contribution >= 4 is 21.4 Å². The zero-order valence-corrected chi connectivity index (χ0v) is 25.6. The molecule has 0 aliphatic carbocycles. The minimum absolute atomic E-state index is 0.167. The Morgan fingerprint density at radius 2 is 1.64 bits per heavy atom. The topological polar surface area (TPSA) is 125 Å². The Kier molecular flexibility index (Phi) is 9.62. The van der Waals surface area contributed by atoms with Gasteiger partial charge >= 0.3 is 6.18 Å². The summed E-state index contributed by atoms with van der Waals surface area (Å²) in [5.41, 5.74) is 2.50. The fourth-order valence-electron chi connectivity index (χ4n) is 4.47. The van der Waals surface area contributed by atoms with Crippen LogP contribution in [0, 0.1) is 20.8 Å². The monoisotopic (exact) mass is 631 g/mol. The van der Waals surface area contributed by atoms with Crippen molar-refractivity contribution < 1.29 is 35.9 Å². The second kappa shape index (κ2) is 13.0. The molecule has 1 N–H and O–H groups in total. The Balaban J connectivity index is 1.48. The normalized spacial score (nSPS) is 11.8. The molecule has 234 valence electrons. The first-order chi connectivity index (χ1) is 20.7. The third-order valence-electron chi connectivity index (χ3n) is 6.87. The summed E-state index contributed by atoms with van der Waals surface area (Å²) in [6.45, 7) is 6.06. The van der Waals surface area contributed by atoms with Gasteiger partial charge in [-0.2, -0.15) is 18.3 Å². The average Bonchev–Trinajstić information content (AvgIpc) is 3.24. The molecule has 10 nitrogen and oxygen atoms in total. The van der Waals surface area contributed by atoms with Gasteiger partial charge in [-0.15, -0.1) is 0 Å². The standard InChI is InChI=1S/C30H32F3N5O5S/c1-18-8-10-21(11-9-18)17-38-20(3)28(19(2)37-38)36-27(39)7-6-14-44(40,41)29-34-23(16-26(35-29)30(31,32)33)22-12-13-24(42-4)25(15-22)43-5/h8-13,15-16H,6-7,14,17H2,1-5H3,(H,36,39). The second-order valence-electron chi connectivity index (χ2n) is 10.1. The number of alkyl halides is 3. The van der Waals surface area contributed by atoms with Gasteiger partial charge in [0.15, 0.2) is 11.5 Å². The molecule has 0 aliphatic heterocycles. The van der Waals surface area contributed by atoms with Crippen molar-refractivity contribution in [2.45, 2.75) is 51.5 Å². The van der Waals surface area contributed by atoms with Crippen LogP contribution in [0.3, 0.4) is 0 Å². The summed E-state index contributed by atoms with van der Waals surface area (Å²) in [6, 6.07) is 12.9. The molecule has 0 atom stereocenters. The quantitative estimate of drug-likeness (QED) is 0.214. The number of nitrogens with zero attached hydrogens (tertiary/aromatic N) is 4. The van der Waals surface area contributed by atoms with Crippen molar-refractivity contribution in [2.24, 2.45) is 0 Å². The smallest absolute Gasteiger partial charge is 0.433 e. The fraction of sp³-hybridized carbons (Fsp3) is 0.333. The van der Waals surface area contributed by atoms with Gasteiger partial charge in [0, 0.05) is 12.0 Å². The van der Waals surface area contributed by atoms with Crippen LogP contribution in [-0.2, 0) is 27.4 Å². The number of nitrogens with one attached hydrogen (secondary N) is 1. The van der Waals surface area contributed by atoms with Crippen LogP contribution in [0.15, 0.2) is 53.7 Å². The lowest BCUT2D eigenvalue weighted by atomic mass is 10.1. The van der Waals surface area contributed by atoms with Gasteiger partial charge < -0.3 is 14.8 Å². The minimum atomic E-state index is -4.93. The third-order valence-corrected chi connectivity index (χ3v) is 8.43. The number of halogens is 3. The van der Waals surface area contributed by atoms with Crippen molar-refractivity contribution in [2.75, 3.05) is 25.3 Å². The number of aryl methyl sites for hydroxylation is 2. The summed E-state index contributed by atoms with van der Waals surface area (Å²) < 4.78 is 79.4. The molecular weight excluding hydrogens is 599 g/mol. The Morgan fingerprint density at radius 1 is 0.955 bits per heavy atom. The summed E-state index contributed by atoms with van der Waals surface area (Å²) in [5.74, 6) is -0.551. The van der Waals surface area contributed by atoms with Crippen molar-refractivity contribution in [3.8, 4) is 22.8 Å². The first-order valence-corrected chi connectivity index (χ1v) is 15.2. The maximum atomic E-state index is 13.7. The molecule has 2 heterocycles. The number of ether oxygens (including phenoxy) is 2. The van der Waals surface area contributed by atoms with Crippen molar-refractivity contribution in [3.05, 3.63) is 76.7 Å². The number of rotatable bonds is 11. The number of carbonyl (C=O) groups excluding carboxylic acids is 1. The molecule has 14 heteroatoms. The third kappa shape index (κ3) is 7.54. The predicted octanol–water partition coefficient (Wildman–Crippen LogP) is 5.54. The van der Waals surface area contributed by atoms with Crippen LogP contribution in [0.1, 0.15) is 41.1 Å². The zero-order chi connectivity index (χ0) is 32.2. The van der Waals surface area contributed by atoms with Gasteiger partial charge in [-0.25, -0.2) is 18.4 Å². The maximum absolute atomic E-state index is 13.7. The molecule has 4 aromatic rings. The molecule has 1 amide bonds. The zero-order valence-electron chi connectivity index (χ0n) is 24.8. The van der Waals surface area contributed by atoms with E-state index in [1.165, 1.54) is 32.4 Å². The molecule has 0 radical (unpaired) electrons. The van der Waals surface area contributed by atoms with Crippen LogP contribution in [0.5, 0.6) is 11.5 Å². The van der Waals surface area contributed by atoms with Crippen molar-refractivity contribution in [1.29, 1.82) is 0 Å². The SMILES string of the molecule is COc1ccc(-c2cc(C(F)(F)F)nc(S(=O)(=O)CCCC(=O)Nc3c(C)nn(Cc4ccc(C)cc4)c3C)n2)cc1OC. The molecular formula is C30H32F3N5O5S. The summed E-state index contributed by atoms with van der Waals surface area (Å²) in [7, 11) is -1.64. The number of sulfone groups is 1. The molecule has 2 aromatic carbocycles. The lowest BCUT2D eigenvalue weighted by molar-refractivity contribution is -0.141. The number of hydrogen-bond acceptors (Lipinski definition) is 8. The molecule has 0 spiro atoms. The van der Waals surface area contributed by atoms with E-state index >= 15 is 0 Å². The van der Waals surface area contributed by atoms with E-state index in [0.29, 0.717) is 29.7 Å². The van der Waals surface area contributed by atoms with Crippen LogP contribution < -0.4 is 14.8 Å². The van der Waals surface area contributed by atoms with Gasteiger partial charge in [-0.3, -0.25) is 9.48 Å². The lowest BCUT2D eigenvalue weighted by Gasteiger charge is -2.13. The van der Waals surface area contributed by atoms with E-state index in [0.717, 1.165) is 16.8 Å². The summed E-state index contributed by atoms with van der Waals surface area (Å²) in [4.78, 5) is 20.0. The van der Waals surface area contributed by atoms with E-state index in [9.17, 15) is 26.4 Å². The first kappa shape index (κ1) is 32.5. The molecule has 0 saturated heterocycles. The van der Waals surface area contributed by atoms with Gasteiger partial charge in [0.05, 0.1) is 49.3 Å². The van der Waals surface area contributed by atoms with Crippen molar-refractivity contribution in [1.82, 2.24) is 19.7 Å². The highest BCUT2D eigenvalue weighted by Crippen LogP contribution is 2.35. The lowest BCUT2D eigenvalue weighted by Crippen LogP contribution is -2.18.